The number of fused-ring (bicyclic) bond motifs is 1. The number of carbonyl (C=O) groups is 1. The molecule has 1 fully saturated rings. The molecule has 1 saturated heterocycles. The van der Waals surface area contributed by atoms with Crippen LogP contribution in [0.3, 0.4) is 0 Å². The highest BCUT2D eigenvalue weighted by Crippen LogP contribution is 2.29. The SMILES string of the molecule is CC(C)Cc1ncc2c(n1)CN(C(=O)C(c1cccnc1)N1CCOCC1)C2. The number of ether oxygens (including phenoxy) is 1. The number of amides is 1. The third-order valence-corrected chi connectivity index (χ3v) is 5.25. The molecule has 1 unspecified atom stereocenters. The summed E-state index contributed by atoms with van der Waals surface area (Å²) in [7, 11) is 0. The van der Waals surface area contributed by atoms with Crippen LogP contribution in [0.4, 0.5) is 0 Å². The van der Waals surface area contributed by atoms with Crippen molar-refractivity contribution < 1.29 is 9.53 Å². The molecule has 2 aliphatic rings. The van der Waals surface area contributed by atoms with Crippen LogP contribution in [0.25, 0.3) is 0 Å². The maximum Gasteiger partial charge on any atom is 0.245 e. The van der Waals surface area contributed by atoms with E-state index in [-0.39, 0.29) is 11.9 Å². The first-order valence-corrected chi connectivity index (χ1v) is 9.96. The summed E-state index contributed by atoms with van der Waals surface area (Å²) >= 11 is 0. The average molecular weight is 381 g/mol. The monoisotopic (exact) mass is 381 g/mol. The van der Waals surface area contributed by atoms with Crippen molar-refractivity contribution in [2.45, 2.75) is 39.4 Å². The van der Waals surface area contributed by atoms with Gasteiger partial charge in [0, 0.05) is 50.2 Å². The fourth-order valence-electron chi connectivity index (χ4n) is 3.87. The average Bonchev–Trinajstić information content (AvgIpc) is 3.13. The van der Waals surface area contributed by atoms with Crippen LogP contribution in [0.2, 0.25) is 0 Å². The van der Waals surface area contributed by atoms with Gasteiger partial charge in [0.2, 0.25) is 5.91 Å². The van der Waals surface area contributed by atoms with Crippen LogP contribution < -0.4 is 0 Å². The second-order valence-electron chi connectivity index (χ2n) is 7.89. The minimum Gasteiger partial charge on any atom is -0.379 e. The summed E-state index contributed by atoms with van der Waals surface area (Å²) < 4.78 is 5.49. The van der Waals surface area contributed by atoms with Gasteiger partial charge in [-0.1, -0.05) is 19.9 Å². The molecule has 28 heavy (non-hydrogen) atoms. The van der Waals surface area contributed by atoms with E-state index < -0.39 is 0 Å². The number of carbonyl (C=O) groups excluding carboxylic acids is 1. The Morgan fingerprint density at radius 1 is 1.21 bits per heavy atom. The van der Waals surface area contributed by atoms with Crippen molar-refractivity contribution in [2.24, 2.45) is 5.92 Å². The Morgan fingerprint density at radius 3 is 2.75 bits per heavy atom. The number of hydrogen-bond donors (Lipinski definition) is 0. The van der Waals surface area contributed by atoms with E-state index in [9.17, 15) is 4.79 Å². The zero-order valence-electron chi connectivity index (χ0n) is 16.5. The molecule has 148 valence electrons. The maximum absolute atomic E-state index is 13.5. The summed E-state index contributed by atoms with van der Waals surface area (Å²) in [4.78, 5) is 31.1. The molecule has 0 aromatic carbocycles. The third kappa shape index (κ3) is 4.05. The van der Waals surface area contributed by atoms with E-state index in [1.54, 1.807) is 12.4 Å². The third-order valence-electron chi connectivity index (χ3n) is 5.25. The Labute approximate surface area is 165 Å². The molecule has 0 spiro atoms. The molecular weight excluding hydrogens is 354 g/mol. The summed E-state index contributed by atoms with van der Waals surface area (Å²) in [5.74, 6) is 1.46. The lowest BCUT2D eigenvalue weighted by Gasteiger charge is -2.35. The fraction of sp³-hybridized carbons (Fsp3) is 0.524. The van der Waals surface area contributed by atoms with Gasteiger partial charge in [0.1, 0.15) is 11.9 Å². The number of nitrogens with zero attached hydrogens (tertiary/aromatic N) is 5. The zero-order valence-corrected chi connectivity index (χ0v) is 16.5. The van der Waals surface area contributed by atoms with E-state index >= 15 is 0 Å². The van der Waals surface area contributed by atoms with Crippen LogP contribution in [-0.4, -0.2) is 57.0 Å². The van der Waals surface area contributed by atoms with Crippen molar-refractivity contribution in [1.29, 1.82) is 0 Å². The van der Waals surface area contributed by atoms with E-state index in [2.05, 4.69) is 28.7 Å². The second kappa shape index (κ2) is 8.32. The van der Waals surface area contributed by atoms with Gasteiger partial charge in [-0.15, -0.1) is 0 Å². The van der Waals surface area contributed by atoms with Crippen molar-refractivity contribution in [1.82, 2.24) is 24.8 Å². The minimum atomic E-state index is -0.338. The van der Waals surface area contributed by atoms with Crippen molar-refractivity contribution in [3.8, 4) is 0 Å². The van der Waals surface area contributed by atoms with Gasteiger partial charge in [-0.3, -0.25) is 14.7 Å². The van der Waals surface area contributed by atoms with E-state index in [1.165, 1.54) is 0 Å². The highest BCUT2D eigenvalue weighted by molar-refractivity contribution is 5.83. The Morgan fingerprint density at radius 2 is 2.04 bits per heavy atom. The summed E-state index contributed by atoms with van der Waals surface area (Å²) in [6, 6.07) is 3.53. The van der Waals surface area contributed by atoms with Gasteiger partial charge in [-0.05, 0) is 17.5 Å². The van der Waals surface area contributed by atoms with Crippen molar-refractivity contribution in [2.75, 3.05) is 26.3 Å². The number of hydrogen-bond acceptors (Lipinski definition) is 6. The van der Waals surface area contributed by atoms with Gasteiger partial charge in [-0.2, -0.15) is 0 Å². The maximum atomic E-state index is 13.5. The predicted molar refractivity (Wildman–Crippen MR) is 104 cm³/mol. The molecule has 1 amide bonds. The Balaban J connectivity index is 1.55. The number of pyridine rings is 1. The molecule has 4 rings (SSSR count). The molecule has 0 N–H and O–H groups in total. The fourth-order valence-corrected chi connectivity index (χ4v) is 3.87. The van der Waals surface area contributed by atoms with Gasteiger partial charge in [0.25, 0.3) is 0 Å². The van der Waals surface area contributed by atoms with Gasteiger partial charge < -0.3 is 9.64 Å². The first-order valence-electron chi connectivity index (χ1n) is 9.96. The molecule has 7 heteroatoms. The highest BCUT2D eigenvalue weighted by Gasteiger charge is 2.35. The standard InChI is InChI=1S/C21H27N5O2/c1-15(2)10-19-23-12-17-13-26(14-18(17)24-19)21(27)20(16-4-3-5-22-11-16)25-6-8-28-9-7-25/h3-5,11-12,15,20H,6-10,13-14H2,1-2H3. The Hall–Kier alpha value is -2.38. The zero-order chi connectivity index (χ0) is 19.5. The van der Waals surface area contributed by atoms with Gasteiger partial charge in [0.15, 0.2) is 0 Å². The van der Waals surface area contributed by atoms with E-state index in [4.69, 9.17) is 9.72 Å². The smallest absolute Gasteiger partial charge is 0.245 e. The molecule has 0 bridgehead atoms. The lowest BCUT2D eigenvalue weighted by molar-refractivity contribution is -0.139. The first kappa shape index (κ1) is 19.0. The number of rotatable bonds is 5. The topological polar surface area (TPSA) is 71.5 Å². The summed E-state index contributed by atoms with van der Waals surface area (Å²) in [6.45, 7) is 8.21. The van der Waals surface area contributed by atoms with Crippen LogP contribution in [0.15, 0.2) is 30.7 Å². The Kier molecular flexibility index (Phi) is 5.64. The quantitative estimate of drug-likeness (QED) is 0.789. The van der Waals surface area contributed by atoms with Crippen molar-refractivity contribution in [3.05, 3.63) is 53.4 Å². The molecule has 2 aliphatic heterocycles. The molecule has 0 radical (unpaired) electrons. The van der Waals surface area contributed by atoms with Crippen LogP contribution in [0.1, 0.15) is 42.5 Å². The van der Waals surface area contributed by atoms with Crippen LogP contribution >= 0.6 is 0 Å². The van der Waals surface area contributed by atoms with Crippen molar-refractivity contribution >= 4 is 5.91 Å². The molecule has 1 atom stereocenters. The van der Waals surface area contributed by atoms with Gasteiger partial charge in [0.05, 0.1) is 25.5 Å². The van der Waals surface area contributed by atoms with Crippen LogP contribution in [0.5, 0.6) is 0 Å². The summed E-state index contributed by atoms with van der Waals surface area (Å²) in [5, 5.41) is 0. The van der Waals surface area contributed by atoms with E-state index in [1.807, 2.05) is 23.2 Å². The Bertz CT molecular complexity index is 821. The minimum absolute atomic E-state index is 0.0957. The molecule has 0 aliphatic carbocycles. The molecule has 7 nitrogen and oxygen atoms in total. The second-order valence-corrected chi connectivity index (χ2v) is 7.89. The lowest BCUT2D eigenvalue weighted by Crippen LogP contribution is -2.46. The number of morpholine rings is 1. The number of aromatic nitrogens is 3. The molecule has 2 aromatic heterocycles. The summed E-state index contributed by atoms with van der Waals surface area (Å²) in [6.07, 6.45) is 6.28. The van der Waals surface area contributed by atoms with Gasteiger partial charge >= 0.3 is 0 Å². The first-order chi connectivity index (χ1) is 13.6. The summed E-state index contributed by atoms with van der Waals surface area (Å²) in [5.41, 5.74) is 2.95. The normalized spacial score (nSPS) is 18.3. The van der Waals surface area contributed by atoms with Crippen LogP contribution in [0, 0.1) is 5.92 Å². The van der Waals surface area contributed by atoms with E-state index in [0.717, 1.165) is 42.2 Å². The highest BCUT2D eigenvalue weighted by atomic mass is 16.5. The molecule has 4 heterocycles. The van der Waals surface area contributed by atoms with Gasteiger partial charge in [-0.25, -0.2) is 9.97 Å². The molecule has 2 aromatic rings. The molecular formula is C21H27N5O2. The molecule has 0 saturated carbocycles. The lowest BCUT2D eigenvalue weighted by atomic mass is 10.1. The van der Waals surface area contributed by atoms with Crippen molar-refractivity contribution in [3.63, 3.8) is 0 Å². The predicted octanol–water partition coefficient (Wildman–Crippen LogP) is 1.99. The van der Waals surface area contributed by atoms with E-state index in [0.29, 0.717) is 32.2 Å². The van der Waals surface area contributed by atoms with Crippen LogP contribution in [-0.2, 0) is 29.0 Å². The largest absolute Gasteiger partial charge is 0.379 e.